The third-order valence-corrected chi connectivity index (χ3v) is 3.45. The molecule has 5 heteroatoms. The van der Waals surface area contributed by atoms with Gasteiger partial charge in [-0.05, 0) is 32.5 Å². The first-order valence-corrected chi connectivity index (χ1v) is 7.61. The van der Waals surface area contributed by atoms with Crippen molar-refractivity contribution in [3.05, 3.63) is 35.4 Å². The zero-order valence-corrected chi connectivity index (χ0v) is 17.0. The van der Waals surface area contributed by atoms with Crippen LogP contribution in [0.1, 0.15) is 31.0 Å². The second-order valence-corrected chi connectivity index (χ2v) is 6.12. The number of aryl methyl sites for hydroxylation is 1. The summed E-state index contributed by atoms with van der Waals surface area (Å²) in [7, 11) is 6.03. The van der Waals surface area contributed by atoms with Crippen LogP contribution in [0.25, 0.3) is 0 Å². The van der Waals surface area contributed by atoms with Gasteiger partial charge in [-0.25, -0.2) is 0 Å². The fraction of sp³-hybridized carbons (Fsp3) is 0.588. The first-order valence-electron chi connectivity index (χ1n) is 7.61. The molecule has 126 valence electrons. The van der Waals surface area contributed by atoms with E-state index >= 15 is 0 Å². The molecule has 0 amide bonds. The highest BCUT2D eigenvalue weighted by Crippen LogP contribution is 2.17. The lowest BCUT2D eigenvalue weighted by Gasteiger charge is -2.26. The van der Waals surface area contributed by atoms with Gasteiger partial charge >= 0.3 is 0 Å². The lowest BCUT2D eigenvalue weighted by molar-refractivity contribution is 0.298. The molecule has 1 aromatic carbocycles. The van der Waals surface area contributed by atoms with Crippen LogP contribution in [-0.2, 0) is 0 Å². The summed E-state index contributed by atoms with van der Waals surface area (Å²) in [5.74, 6) is 1.47. The molecule has 2 N–H and O–H groups in total. The molecule has 0 saturated carbocycles. The molecule has 0 aliphatic heterocycles. The second-order valence-electron chi connectivity index (χ2n) is 6.12. The number of hydrogen-bond donors (Lipinski definition) is 2. The standard InChI is InChI=1S/C17H30N4.HI/c1-13(2)11-19-17(18-4)20-12-16(21(5)6)15-9-7-14(3)8-10-15;/h7-10,13,16H,11-12H2,1-6H3,(H2,18,19,20);1H. The van der Waals surface area contributed by atoms with E-state index in [1.165, 1.54) is 11.1 Å². The van der Waals surface area contributed by atoms with Crippen molar-refractivity contribution >= 4 is 29.9 Å². The fourth-order valence-electron chi connectivity index (χ4n) is 2.10. The number of halogens is 1. The Labute approximate surface area is 152 Å². The number of hydrogen-bond acceptors (Lipinski definition) is 2. The van der Waals surface area contributed by atoms with E-state index in [1.54, 1.807) is 0 Å². The molecule has 0 aromatic heterocycles. The predicted molar refractivity (Wildman–Crippen MR) is 107 cm³/mol. The highest BCUT2D eigenvalue weighted by Gasteiger charge is 2.14. The Hall–Kier alpha value is -0.820. The topological polar surface area (TPSA) is 39.7 Å². The number of nitrogens with zero attached hydrogens (tertiary/aromatic N) is 2. The van der Waals surface area contributed by atoms with Crippen LogP contribution in [0, 0.1) is 12.8 Å². The maximum atomic E-state index is 4.27. The van der Waals surface area contributed by atoms with Crippen LogP contribution < -0.4 is 10.6 Å². The van der Waals surface area contributed by atoms with Crippen LogP contribution >= 0.6 is 24.0 Å². The summed E-state index contributed by atoms with van der Waals surface area (Å²) in [5.41, 5.74) is 2.61. The highest BCUT2D eigenvalue weighted by atomic mass is 127. The van der Waals surface area contributed by atoms with E-state index in [1.807, 2.05) is 7.05 Å². The van der Waals surface area contributed by atoms with E-state index < -0.39 is 0 Å². The zero-order valence-electron chi connectivity index (χ0n) is 14.7. The molecular weight excluding hydrogens is 387 g/mol. The molecule has 0 bridgehead atoms. The van der Waals surface area contributed by atoms with Gasteiger partial charge in [0.05, 0.1) is 6.04 Å². The van der Waals surface area contributed by atoms with Crippen molar-refractivity contribution in [2.24, 2.45) is 10.9 Å². The SMILES string of the molecule is CN=C(NCC(C)C)NCC(c1ccc(C)cc1)N(C)C.I. The summed E-state index contributed by atoms with van der Waals surface area (Å²) >= 11 is 0. The minimum Gasteiger partial charge on any atom is -0.356 e. The number of nitrogens with one attached hydrogen (secondary N) is 2. The van der Waals surface area contributed by atoms with Gasteiger partial charge in [0.1, 0.15) is 0 Å². The normalized spacial score (nSPS) is 13.0. The van der Waals surface area contributed by atoms with Gasteiger partial charge < -0.3 is 15.5 Å². The van der Waals surface area contributed by atoms with Crippen LogP contribution in [-0.4, -0.2) is 45.1 Å². The molecule has 1 rings (SSSR count). The molecule has 1 aromatic rings. The average Bonchev–Trinajstić information content (AvgIpc) is 2.43. The Kier molecular flexibility index (Phi) is 10.4. The number of benzene rings is 1. The Balaban J connectivity index is 0.00000441. The average molecular weight is 418 g/mol. The van der Waals surface area contributed by atoms with Gasteiger partial charge in [-0.15, -0.1) is 24.0 Å². The quantitative estimate of drug-likeness (QED) is 0.424. The number of rotatable bonds is 6. The molecular formula is C17H31IN4. The first-order chi connectivity index (χ1) is 9.93. The van der Waals surface area contributed by atoms with Gasteiger partial charge in [-0.2, -0.15) is 0 Å². The smallest absolute Gasteiger partial charge is 0.191 e. The van der Waals surface area contributed by atoms with Gasteiger partial charge in [0, 0.05) is 20.1 Å². The van der Waals surface area contributed by atoms with Crippen LogP contribution in [0.4, 0.5) is 0 Å². The molecule has 0 aliphatic rings. The molecule has 0 saturated heterocycles. The zero-order chi connectivity index (χ0) is 15.8. The van der Waals surface area contributed by atoms with Gasteiger partial charge in [0.15, 0.2) is 5.96 Å². The summed E-state index contributed by atoms with van der Waals surface area (Å²) in [6.07, 6.45) is 0. The van der Waals surface area contributed by atoms with Crippen LogP contribution in [0.5, 0.6) is 0 Å². The van der Waals surface area contributed by atoms with Crippen molar-refractivity contribution in [2.45, 2.75) is 26.8 Å². The van der Waals surface area contributed by atoms with Crippen molar-refractivity contribution in [3.8, 4) is 0 Å². The largest absolute Gasteiger partial charge is 0.356 e. The van der Waals surface area contributed by atoms with Crippen molar-refractivity contribution in [3.63, 3.8) is 0 Å². The molecule has 4 nitrogen and oxygen atoms in total. The lowest BCUT2D eigenvalue weighted by Crippen LogP contribution is -2.42. The maximum Gasteiger partial charge on any atom is 0.191 e. The second kappa shape index (κ2) is 10.8. The molecule has 0 heterocycles. The summed E-state index contributed by atoms with van der Waals surface area (Å²) in [6, 6.07) is 9.05. The van der Waals surface area contributed by atoms with E-state index in [9.17, 15) is 0 Å². The van der Waals surface area contributed by atoms with Gasteiger partial charge in [-0.1, -0.05) is 43.7 Å². The molecule has 0 fully saturated rings. The van der Waals surface area contributed by atoms with Gasteiger partial charge in [0.25, 0.3) is 0 Å². The van der Waals surface area contributed by atoms with E-state index in [0.29, 0.717) is 12.0 Å². The van der Waals surface area contributed by atoms with Crippen LogP contribution in [0.2, 0.25) is 0 Å². The summed E-state index contributed by atoms with van der Waals surface area (Å²) < 4.78 is 0. The van der Waals surface area contributed by atoms with Crippen LogP contribution in [0.3, 0.4) is 0 Å². The minimum atomic E-state index is 0. The van der Waals surface area contributed by atoms with Crippen molar-refractivity contribution < 1.29 is 0 Å². The maximum absolute atomic E-state index is 4.27. The van der Waals surface area contributed by atoms with E-state index in [-0.39, 0.29) is 24.0 Å². The van der Waals surface area contributed by atoms with Gasteiger partial charge in [0.2, 0.25) is 0 Å². The minimum absolute atomic E-state index is 0. The fourth-order valence-corrected chi connectivity index (χ4v) is 2.10. The molecule has 22 heavy (non-hydrogen) atoms. The van der Waals surface area contributed by atoms with E-state index in [2.05, 4.69) is 79.7 Å². The number of aliphatic imine (C=N–C) groups is 1. The van der Waals surface area contributed by atoms with E-state index in [4.69, 9.17) is 0 Å². The summed E-state index contributed by atoms with van der Waals surface area (Å²) in [5, 5.41) is 6.76. The Morgan fingerprint density at radius 3 is 2.09 bits per heavy atom. The summed E-state index contributed by atoms with van der Waals surface area (Å²) in [4.78, 5) is 6.50. The monoisotopic (exact) mass is 418 g/mol. The third-order valence-electron chi connectivity index (χ3n) is 3.45. The number of guanidine groups is 1. The Morgan fingerprint density at radius 1 is 1.09 bits per heavy atom. The third kappa shape index (κ3) is 7.45. The van der Waals surface area contributed by atoms with Crippen LogP contribution in [0.15, 0.2) is 29.3 Å². The Morgan fingerprint density at radius 2 is 1.64 bits per heavy atom. The lowest BCUT2D eigenvalue weighted by atomic mass is 10.0. The van der Waals surface area contributed by atoms with Gasteiger partial charge in [-0.3, -0.25) is 4.99 Å². The van der Waals surface area contributed by atoms with Crippen molar-refractivity contribution in [1.29, 1.82) is 0 Å². The van der Waals surface area contributed by atoms with Crippen molar-refractivity contribution in [2.75, 3.05) is 34.2 Å². The number of likely N-dealkylation sites (N-methyl/N-ethyl adjacent to an activating group) is 1. The molecule has 0 aliphatic carbocycles. The molecule has 0 radical (unpaired) electrons. The predicted octanol–water partition coefficient (Wildman–Crippen LogP) is 3.04. The molecule has 1 unspecified atom stereocenters. The van der Waals surface area contributed by atoms with E-state index in [0.717, 1.165) is 19.0 Å². The van der Waals surface area contributed by atoms with Crippen molar-refractivity contribution in [1.82, 2.24) is 15.5 Å². The Bertz CT molecular complexity index is 440. The molecule has 0 spiro atoms. The summed E-state index contributed by atoms with van der Waals surface area (Å²) in [6.45, 7) is 8.25. The molecule has 1 atom stereocenters. The highest BCUT2D eigenvalue weighted by molar-refractivity contribution is 14.0. The first kappa shape index (κ1) is 21.2.